The predicted molar refractivity (Wildman–Crippen MR) is 138 cm³/mol. The molecule has 6 nitrogen and oxygen atoms in total. The van der Waals surface area contributed by atoms with Gasteiger partial charge in [0.25, 0.3) is 6.43 Å². The third-order valence-corrected chi connectivity index (χ3v) is 7.28. The molecule has 0 saturated carbocycles. The third-order valence-electron chi connectivity index (χ3n) is 6.26. The summed E-state index contributed by atoms with van der Waals surface area (Å²) >= 11 is 1.67. The number of imidazole rings is 1. The third kappa shape index (κ3) is 7.64. The van der Waals surface area contributed by atoms with Crippen LogP contribution in [0, 0.1) is 11.8 Å². The standard InChI is InChI=1S/C24H34F2N4O2S.C2H6/c1-24(2,3)23-28-19-11-18(4-5-20(19)30(23)15-16-6-8-32-9-7-16)33-29-13-17(14-29)10-22(31)27-12-21(25)26;1-2/h4-5,11,16-17,21H,6-10,12-15H2,1-3H3,(H,27,31);1-2H3. The van der Waals surface area contributed by atoms with E-state index in [1.807, 2.05) is 13.8 Å². The van der Waals surface area contributed by atoms with E-state index in [1.54, 1.807) is 11.9 Å². The second-order valence-corrected chi connectivity index (χ2v) is 11.4. The van der Waals surface area contributed by atoms with Crippen molar-refractivity contribution in [2.24, 2.45) is 11.8 Å². The molecule has 35 heavy (non-hydrogen) atoms. The molecule has 9 heteroatoms. The van der Waals surface area contributed by atoms with Crippen molar-refractivity contribution in [3.05, 3.63) is 24.0 Å². The van der Waals surface area contributed by atoms with Crippen molar-refractivity contribution in [2.75, 3.05) is 32.8 Å². The molecule has 2 aromatic rings. The first kappa shape index (κ1) is 27.9. The molecule has 1 amide bonds. The first-order chi connectivity index (χ1) is 16.7. The number of ether oxygens (including phenoxy) is 1. The zero-order valence-corrected chi connectivity index (χ0v) is 22.5. The Balaban J connectivity index is 0.00000167. The molecule has 2 aliphatic rings. The number of hydrogen-bond donors (Lipinski definition) is 1. The summed E-state index contributed by atoms with van der Waals surface area (Å²) in [7, 11) is 0. The van der Waals surface area contributed by atoms with Crippen LogP contribution in [0.25, 0.3) is 11.0 Å². The van der Waals surface area contributed by atoms with Gasteiger partial charge in [-0.1, -0.05) is 34.6 Å². The summed E-state index contributed by atoms with van der Waals surface area (Å²) in [4.78, 5) is 17.9. The highest BCUT2D eigenvalue weighted by atomic mass is 32.2. The fraction of sp³-hybridized carbons (Fsp3) is 0.692. The molecule has 2 aliphatic heterocycles. The fourth-order valence-electron chi connectivity index (χ4n) is 4.51. The molecule has 196 valence electrons. The van der Waals surface area contributed by atoms with Crippen LogP contribution < -0.4 is 5.32 Å². The molecule has 0 radical (unpaired) electrons. The minimum Gasteiger partial charge on any atom is -0.381 e. The summed E-state index contributed by atoms with van der Waals surface area (Å²) in [6.45, 7) is 14.3. The van der Waals surface area contributed by atoms with E-state index in [0.29, 0.717) is 12.3 Å². The fourth-order valence-corrected chi connectivity index (χ4v) is 5.67. The molecule has 1 N–H and O–H groups in total. The van der Waals surface area contributed by atoms with E-state index in [1.165, 1.54) is 5.52 Å². The van der Waals surface area contributed by atoms with Crippen LogP contribution in [0.15, 0.2) is 23.1 Å². The number of benzene rings is 1. The van der Waals surface area contributed by atoms with Crippen molar-refractivity contribution < 1.29 is 18.3 Å². The summed E-state index contributed by atoms with van der Waals surface area (Å²) in [6.07, 6.45) is -0.0220. The quantitative estimate of drug-likeness (QED) is 0.476. The molecule has 0 spiro atoms. The maximum absolute atomic E-state index is 12.2. The molecule has 2 fully saturated rings. The Morgan fingerprint density at radius 2 is 1.89 bits per heavy atom. The van der Waals surface area contributed by atoms with E-state index >= 15 is 0 Å². The summed E-state index contributed by atoms with van der Waals surface area (Å²) in [5, 5.41) is 2.28. The minimum absolute atomic E-state index is 0.0485. The maximum Gasteiger partial charge on any atom is 0.255 e. The predicted octanol–water partition coefficient (Wildman–Crippen LogP) is 5.50. The Hall–Kier alpha value is -1.71. The maximum atomic E-state index is 12.2. The van der Waals surface area contributed by atoms with Crippen LogP contribution in [0.5, 0.6) is 0 Å². The van der Waals surface area contributed by atoms with Gasteiger partial charge in [0.2, 0.25) is 5.91 Å². The van der Waals surface area contributed by atoms with Gasteiger partial charge >= 0.3 is 0 Å². The van der Waals surface area contributed by atoms with Gasteiger partial charge in [-0.15, -0.1) is 0 Å². The molecule has 0 aliphatic carbocycles. The molecule has 1 aromatic heterocycles. The minimum atomic E-state index is -2.50. The topological polar surface area (TPSA) is 59.4 Å². The summed E-state index contributed by atoms with van der Waals surface area (Å²) < 4.78 is 34.6. The average Bonchev–Trinajstić information content (AvgIpc) is 3.16. The largest absolute Gasteiger partial charge is 0.381 e. The van der Waals surface area contributed by atoms with Crippen LogP contribution >= 0.6 is 11.9 Å². The molecule has 0 bridgehead atoms. The van der Waals surface area contributed by atoms with E-state index in [4.69, 9.17) is 9.72 Å². The Morgan fingerprint density at radius 3 is 2.51 bits per heavy atom. The highest BCUT2D eigenvalue weighted by Crippen LogP contribution is 2.35. The number of aromatic nitrogens is 2. The number of amides is 1. The van der Waals surface area contributed by atoms with Crippen molar-refractivity contribution in [2.45, 2.75) is 77.2 Å². The molecule has 0 atom stereocenters. The number of nitrogens with zero attached hydrogens (tertiary/aromatic N) is 3. The van der Waals surface area contributed by atoms with Gasteiger partial charge in [-0.2, -0.15) is 0 Å². The van der Waals surface area contributed by atoms with E-state index in [-0.39, 0.29) is 17.2 Å². The van der Waals surface area contributed by atoms with Crippen molar-refractivity contribution >= 4 is 28.9 Å². The number of alkyl halides is 2. The van der Waals surface area contributed by atoms with Crippen molar-refractivity contribution in [1.82, 2.24) is 19.2 Å². The number of fused-ring (bicyclic) bond motifs is 1. The van der Waals surface area contributed by atoms with Crippen molar-refractivity contribution in [3.8, 4) is 0 Å². The van der Waals surface area contributed by atoms with Crippen LogP contribution in [0.4, 0.5) is 8.78 Å². The van der Waals surface area contributed by atoms with Gasteiger partial charge in [0, 0.05) is 49.6 Å². The van der Waals surface area contributed by atoms with Crippen molar-refractivity contribution in [3.63, 3.8) is 0 Å². The monoisotopic (exact) mass is 510 g/mol. The van der Waals surface area contributed by atoms with Crippen LogP contribution in [0.2, 0.25) is 0 Å². The second kappa shape index (κ2) is 12.5. The van der Waals surface area contributed by atoms with Crippen LogP contribution in [0.1, 0.15) is 59.7 Å². The number of nitrogens with one attached hydrogen (secondary N) is 1. The molecular formula is C26H40F2N4O2S. The van der Waals surface area contributed by atoms with Crippen LogP contribution in [-0.2, 0) is 21.5 Å². The Bertz CT molecular complexity index is 964. The molecule has 0 unspecified atom stereocenters. The molecule has 3 heterocycles. The first-order valence-corrected chi connectivity index (χ1v) is 13.5. The Morgan fingerprint density at radius 1 is 1.20 bits per heavy atom. The zero-order valence-electron chi connectivity index (χ0n) is 21.7. The molecular weight excluding hydrogens is 470 g/mol. The number of carbonyl (C=O) groups excluding carboxylic acids is 1. The summed E-state index contributed by atoms with van der Waals surface area (Å²) in [5.74, 6) is 1.65. The average molecular weight is 511 g/mol. The highest BCUT2D eigenvalue weighted by Gasteiger charge is 2.30. The summed E-state index contributed by atoms with van der Waals surface area (Å²) in [5.41, 5.74) is 2.14. The van der Waals surface area contributed by atoms with E-state index in [0.717, 1.165) is 61.9 Å². The van der Waals surface area contributed by atoms with Crippen molar-refractivity contribution in [1.29, 1.82) is 0 Å². The molecule has 4 rings (SSSR count). The SMILES string of the molecule is CC.CC(C)(C)c1nc2cc(SN3CC(CC(=O)NCC(F)F)C3)ccc2n1CC1CCOCC1. The number of carbonyl (C=O) groups is 1. The lowest BCUT2D eigenvalue weighted by atomic mass is 9.94. The number of halogens is 2. The first-order valence-electron chi connectivity index (χ1n) is 12.8. The molecule has 1 aromatic carbocycles. The number of rotatable bonds is 8. The van der Waals surface area contributed by atoms with Gasteiger partial charge < -0.3 is 14.6 Å². The lowest BCUT2D eigenvalue weighted by Crippen LogP contribution is -2.44. The van der Waals surface area contributed by atoms with Gasteiger partial charge in [-0.05, 0) is 54.8 Å². The van der Waals surface area contributed by atoms with E-state index in [2.05, 4.69) is 53.2 Å². The summed E-state index contributed by atoms with van der Waals surface area (Å²) in [6, 6.07) is 6.47. The van der Waals surface area contributed by atoms with Crippen LogP contribution in [0.3, 0.4) is 0 Å². The van der Waals surface area contributed by atoms with Gasteiger partial charge in [0.05, 0.1) is 17.6 Å². The normalized spacial score (nSPS) is 17.8. The number of hydrogen-bond acceptors (Lipinski definition) is 5. The van der Waals surface area contributed by atoms with Gasteiger partial charge in [0.1, 0.15) is 5.82 Å². The second-order valence-electron chi connectivity index (χ2n) is 10.2. The van der Waals surface area contributed by atoms with Gasteiger partial charge in [0.15, 0.2) is 0 Å². The Kier molecular flexibility index (Phi) is 9.95. The lowest BCUT2D eigenvalue weighted by Gasteiger charge is -2.37. The Labute approximate surface area is 212 Å². The lowest BCUT2D eigenvalue weighted by molar-refractivity contribution is -0.123. The highest BCUT2D eigenvalue weighted by molar-refractivity contribution is 7.97. The van der Waals surface area contributed by atoms with E-state index < -0.39 is 13.0 Å². The molecule has 2 saturated heterocycles. The van der Waals surface area contributed by atoms with E-state index in [9.17, 15) is 13.6 Å². The van der Waals surface area contributed by atoms with Gasteiger partial charge in [-0.3, -0.25) is 4.79 Å². The zero-order chi connectivity index (χ0) is 25.6. The smallest absolute Gasteiger partial charge is 0.255 e. The van der Waals surface area contributed by atoms with Crippen LogP contribution in [-0.4, -0.2) is 59.0 Å². The van der Waals surface area contributed by atoms with Gasteiger partial charge in [-0.25, -0.2) is 18.1 Å².